The maximum atomic E-state index is 11.4. The van der Waals surface area contributed by atoms with Crippen LogP contribution in [0.2, 0.25) is 0 Å². The van der Waals surface area contributed by atoms with Gasteiger partial charge in [-0.25, -0.2) is 10.2 Å². The summed E-state index contributed by atoms with van der Waals surface area (Å²) in [5, 5.41) is 1.77. The van der Waals surface area contributed by atoms with Gasteiger partial charge in [0.05, 0.1) is 0 Å². The Morgan fingerprint density at radius 3 is 2.18 bits per heavy atom. The molecule has 0 aliphatic carbocycles. The summed E-state index contributed by atoms with van der Waals surface area (Å²) < 4.78 is 10.8. The van der Waals surface area contributed by atoms with Crippen molar-refractivity contribution in [2.24, 2.45) is 11.0 Å². The smallest absolute Gasteiger partial charge is 0.267 e. The van der Waals surface area contributed by atoms with Crippen molar-refractivity contribution in [2.75, 3.05) is 0 Å². The number of hydrazine groups is 1. The molecule has 0 heterocycles. The first-order valence-electron chi connectivity index (χ1n) is 4.49. The molecule has 0 unspecified atom stereocenters. The molecule has 1 aromatic carbocycles. The number of nitrogens with two attached hydrogens (primary N) is 2. The average molecular weight is 257 g/mol. The van der Waals surface area contributed by atoms with Crippen molar-refractivity contribution in [2.45, 2.75) is 0 Å². The first-order chi connectivity index (χ1) is 7.88. The normalized spacial score (nSPS) is 10.5. The Hall–Kier alpha value is -1.89. The summed E-state index contributed by atoms with van der Waals surface area (Å²) in [6.07, 6.45) is 0. The maximum Gasteiger partial charge on any atom is 0.340 e. The van der Waals surface area contributed by atoms with Crippen LogP contribution in [-0.4, -0.2) is 11.9 Å². The summed E-state index contributed by atoms with van der Waals surface area (Å²) >= 11 is 0. The first-order valence-corrected chi connectivity index (χ1v) is 6.34. The van der Waals surface area contributed by atoms with Crippen molar-refractivity contribution >= 4 is 19.5 Å². The lowest BCUT2D eigenvalue weighted by Crippen LogP contribution is -2.47. The van der Waals surface area contributed by atoms with Crippen molar-refractivity contribution in [1.29, 1.82) is 0 Å². The third-order valence-corrected chi connectivity index (χ3v) is 2.15. The maximum absolute atomic E-state index is 11.4. The number of amides is 3. The minimum atomic E-state index is -3.67. The van der Waals surface area contributed by atoms with E-state index >= 15 is 0 Å². The van der Waals surface area contributed by atoms with Crippen molar-refractivity contribution in [3.05, 3.63) is 35.9 Å². The van der Waals surface area contributed by atoms with Crippen LogP contribution in [0.3, 0.4) is 0 Å². The van der Waals surface area contributed by atoms with Crippen molar-refractivity contribution < 1.29 is 14.2 Å². The van der Waals surface area contributed by atoms with Gasteiger partial charge < -0.3 is 0 Å². The predicted molar refractivity (Wildman–Crippen MR) is 61.6 cm³/mol. The molecule has 0 atom stereocenters. The third-order valence-electron chi connectivity index (χ3n) is 1.60. The van der Waals surface area contributed by atoms with E-state index in [0.717, 1.165) is 0 Å². The summed E-state index contributed by atoms with van der Waals surface area (Å²) in [7, 11) is -3.67. The molecular weight excluding hydrogens is 245 g/mol. The fourth-order valence-electron chi connectivity index (χ4n) is 0.962. The summed E-state index contributed by atoms with van der Waals surface area (Å²) in [6, 6.07) is 7.25. The van der Waals surface area contributed by atoms with Gasteiger partial charge in [0.15, 0.2) is 0 Å². The minimum Gasteiger partial charge on any atom is -0.267 e. The summed E-state index contributed by atoms with van der Waals surface area (Å²) in [5.41, 5.74) is 14.2. The number of hydrogen-bond acceptors (Lipinski definition) is 3. The molecule has 92 valence electrons. The lowest BCUT2D eigenvalue weighted by molar-refractivity contribution is 0.0937. The average Bonchev–Trinajstić information content (AvgIpc) is 2.25. The number of rotatable bonds is 2. The number of hydrogen-bond donors (Lipinski definition) is 5. The van der Waals surface area contributed by atoms with Crippen LogP contribution in [0, 0.1) is 0 Å². The summed E-state index contributed by atoms with van der Waals surface area (Å²) in [4.78, 5) is 22.5. The highest BCUT2D eigenvalue weighted by atomic mass is 31.2. The van der Waals surface area contributed by atoms with Crippen LogP contribution in [0.5, 0.6) is 0 Å². The number of carbonyl (C=O) groups excluding carboxylic acids is 2. The van der Waals surface area contributed by atoms with Gasteiger partial charge in [-0.2, -0.15) is 0 Å². The van der Waals surface area contributed by atoms with Gasteiger partial charge >= 0.3 is 13.6 Å². The Bertz CT molecular complexity index is 457. The quantitative estimate of drug-likeness (QED) is 0.364. The van der Waals surface area contributed by atoms with E-state index < -0.39 is 19.5 Å². The lowest BCUT2D eigenvalue weighted by Gasteiger charge is -2.10. The summed E-state index contributed by atoms with van der Waals surface area (Å²) in [5.74, 6) is -0.523. The Kier molecular flexibility index (Phi) is 4.22. The fraction of sp³-hybridized carbons (Fsp3) is 0. The standard InChI is InChI=1S/C8H12N5O3P/c9-17(10,16)13-8(15)12-11-7(14)6-4-2-1-3-5-6/h1-5H,(H,11,14)(H6,9,10,12,13,15,16). The first kappa shape index (κ1) is 13.2. The van der Waals surface area contributed by atoms with Crippen molar-refractivity contribution in [3.8, 4) is 0 Å². The van der Waals surface area contributed by atoms with E-state index in [9.17, 15) is 14.2 Å². The zero-order valence-electron chi connectivity index (χ0n) is 8.71. The van der Waals surface area contributed by atoms with E-state index in [4.69, 9.17) is 11.0 Å². The Balaban J connectivity index is 2.44. The van der Waals surface area contributed by atoms with Crippen LogP contribution < -0.4 is 26.9 Å². The second-order valence-corrected chi connectivity index (χ2v) is 4.74. The predicted octanol–water partition coefficient (Wildman–Crippen LogP) is -0.344. The van der Waals surface area contributed by atoms with Crippen LogP contribution in [0.4, 0.5) is 4.79 Å². The van der Waals surface area contributed by atoms with Crippen molar-refractivity contribution in [1.82, 2.24) is 15.9 Å². The molecule has 3 amide bonds. The minimum absolute atomic E-state index is 0.358. The molecule has 0 aliphatic heterocycles. The molecule has 0 radical (unpaired) electrons. The van der Waals surface area contributed by atoms with Gasteiger partial charge in [-0.3, -0.25) is 30.9 Å². The van der Waals surface area contributed by atoms with Crippen LogP contribution in [-0.2, 0) is 4.57 Å². The molecular formula is C8H12N5O3P. The van der Waals surface area contributed by atoms with E-state index in [1.165, 1.54) is 0 Å². The van der Waals surface area contributed by atoms with Crippen molar-refractivity contribution in [3.63, 3.8) is 0 Å². The highest BCUT2D eigenvalue weighted by Gasteiger charge is 2.13. The molecule has 1 rings (SSSR count). The molecule has 7 N–H and O–H groups in total. The van der Waals surface area contributed by atoms with Gasteiger partial charge in [-0.05, 0) is 12.1 Å². The van der Waals surface area contributed by atoms with E-state index in [2.05, 4.69) is 5.43 Å². The molecule has 0 spiro atoms. The lowest BCUT2D eigenvalue weighted by atomic mass is 10.2. The van der Waals surface area contributed by atoms with Gasteiger partial charge in [0.25, 0.3) is 5.91 Å². The van der Waals surface area contributed by atoms with Gasteiger partial charge in [-0.1, -0.05) is 18.2 Å². The second kappa shape index (κ2) is 5.44. The number of nitrogens with one attached hydrogen (secondary N) is 3. The molecule has 0 aromatic heterocycles. The number of carbonyl (C=O) groups is 2. The zero-order chi connectivity index (χ0) is 12.9. The van der Waals surface area contributed by atoms with Crippen LogP contribution in [0.15, 0.2) is 30.3 Å². The zero-order valence-corrected chi connectivity index (χ0v) is 9.61. The third kappa shape index (κ3) is 5.12. The molecule has 1 aromatic rings. The van der Waals surface area contributed by atoms with E-state index in [1.54, 1.807) is 35.4 Å². The molecule has 0 bridgehead atoms. The van der Waals surface area contributed by atoms with Gasteiger partial charge in [0.1, 0.15) is 0 Å². The highest BCUT2D eigenvalue weighted by Crippen LogP contribution is 2.15. The molecule has 17 heavy (non-hydrogen) atoms. The fourth-order valence-corrected chi connectivity index (χ4v) is 1.34. The molecule has 0 fully saturated rings. The number of urea groups is 1. The Morgan fingerprint density at radius 2 is 1.65 bits per heavy atom. The molecule has 0 saturated heterocycles. The largest absolute Gasteiger partial charge is 0.340 e. The monoisotopic (exact) mass is 257 g/mol. The van der Waals surface area contributed by atoms with Crippen LogP contribution >= 0.6 is 7.59 Å². The van der Waals surface area contributed by atoms with Gasteiger partial charge in [0.2, 0.25) is 0 Å². The molecule has 0 saturated carbocycles. The van der Waals surface area contributed by atoms with E-state index in [-0.39, 0.29) is 0 Å². The highest BCUT2D eigenvalue weighted by molar-refractivity contribution is 7.57. The Labute approximate surface area is 97.2 Å². The molecule has 8 nitrogen and oxygen atoms in total. The van der Waals surface area contributed by atoms with Gasteiger partial charge in [-0.15, -0.1) is 0 Å². The van der Waals surface area contributed by atoms with Crippen LogP contribution in [0.1, 0.15) is 10.4 Å². The molecule has 9 heteroatoms. The topological polar surface area (TPSA) is 139 Å². The SMILES string of the molecule is NP(N)(=O)NC(=O)NNC(=O)c1ccccc1. The Morgan fingerprint density at radius 1 is 1.06 bits per heavy atom. The van der Waals surface area contributed by atoms with E-state index in [0.29, 0.717) is 5.56 Å². The number of benzene rings is 1. The molecule has 0 aliphatic rings. The van der Waals surface area contributed by atoms with E-state index in [1.807, 2.05) is 5.43 Å². The summed E-state index contributed by atoms with van der Waals surface area (Å²) in [6.45, 7) is 0. The van der Waals surface area contributed by atoms with Crippen LogP contribution in [0.25, 0.3) is 0 Å². The second-order valence-electron chi connectivity index (χ2n) is 3.10. The van der Waals surface area contributed by atoms with Gasteiger partial charge in [0, 0.05) is 5.56 Å².